The van der Waals surface area contributed by atoms with Gasteiger partial charge < -0.3 is 11.8 Å². The zero-order valence-electron chi connectivity index (χ0n) is 16.3. The molecule has 0 spiro atoms. The van der Waals surface area contributed by atoms with Crippen molar-refractivity contribution < 1.29 is 36.5 Å². The molecule has 0 unspecified atom stereocenters. The molecule has 0 atom stereocenters. The molecule has 0 bridgehead atoms. The van der Waals surface area contributed by atoms with Crippen molar-refractivity contribution in [2.75, 3.05) is 0 Å². The fourth-order valence-corrected chi connectivity index (χ4v) is 3.20. The first-order chi connectivity index (χ1) is 13.4. The van der Waals surface area contributed by atoms with Crippen molar-refractivity contribution in [1.82, 2.24) is 0 Å². The van der Waals surface area contributed by atoms with E-state index in [4.69, 9.17) is 17.1 Å². The molecule has 2 aliphatic rings. The maximum absolute atomic E-state index is 11.4. The first-order valence-electron chi connectivity index (χ1n) is 7.89. The summed E-state index contributed by atoms with van der Waals surface area (Å²) in [6.45, 7) is 11.4. The molecule has 0 aliphatic heterocycles. The Kier molecular flexibility index (Phi) is 15.3. The van der Waals surface area contributed by atoms with Gasteiger partial charge in [-0.25, -0.2) is 0 Å². The Morgan fingerprint density at radius 1 is 0.871 bits per heavy atom. The Morgan fingerprint density at radius 2 is 1.23 bits per heavy atom. The summed E-state index contributed by atoms with van der Waals surface area (Å²) in [5, 5.41) is 36.0. The Hall–Kier alpha value is -2.67. The van der Waals surface area contributed by atoms with Crippen LogP contribution >= 0.6 is 22.6 Å². The van der Waals surface area contributed by atoms with Crippen LogP contribution in [0.5, 0.6) is 0 Å². The maximum Gasteiger partial charge on any atom is 1.00 e. The molecule has 170 valence electrons. The molecular formula is C19H20CuIN4O6. The first kappa shape index (κ1) is 33.0. The van der Waals surface area contributed by atoms with E-state index < -0.39 is 27.1 Å². The van der Waals surface area contributed by atoms with E-state index in [1.165, 1.54) is 6.92 Å². The Labute approximate surface area is 204 Å². The van der Waals surface area contributed by atoms with Crippen molar-refractivity contribution >= 4 is 34.2 Å². The van der Waals surface area contributed by atoms with Gasteiger partial charge in [0.1, 0.15) is 11.6 Å². The van der Waals surface area contributed by atoms with Crippen molar-refractivity contribution in [1.29, 1.82) is 10.5 Å². The summed E-state index contributed by atoms with van der Waals surface area (Å²) >= 11 is 1.86. The minimum atomic E-state index is -0.765. The van der Waals surface area contributed by atoms with Crippen LogP contribution in [0.15, 0.2) is 42.8 Å². The summed E-state index contributed by atoms with van der Waals surface area (Å²) in [7, 11) is 0. The number of Topliss-reactive ketones (excluding diaryl/α,β-unsaturated/α-hetero) is 2. The summed E-state index contributed by atoms with van der Waals surface area (Å²) in [4.78, 5) is 42.6. The quantitative estimate of drug-likeness (QED) is 0.151. The van der Waals surface area contributed by atoms with Gasteiger partial charge in [-0.1, -0.05) is 13.0 Å². The number of halogens is 1. The summed E-state index contributed by atoms with van der Waals surface area (Å²) in [6.07, 6.45) is 0.852. The molecule has 0 N–H and O–H groups in total. The third kappa shape index (κ3) is 7.83. The molecule has 31 heavy (non-hydrogen) atoms. The third-order valence-electron chi connectivity index (χ3n) is 4.00. The number of carbonyl (C=O) groups excluding carboxylic acids is 2. The smallest absolute Gasteiger partial charge is 0.512 e. The molecule has 0 heterocycles. The molecule has 0 saturated heterocycles. The van der Waals surface area contributed by atoms with Gasteiger partial charge in [-0.3, -0.25) is 29.8 Å². The van der Waals surface area contributed by atoms with Crippen molar-refractivity contribution in [3.05, 3.63) is 69.6 Å². The summed E-state index contributed by atoms with van der Waals surface area (Å²) in [6, 6.07) is 1.70. The van der Waals surface area contributed by atoms with Gasteiger partial charge in [-0.15, -0.1) is 0 Å². The average molecular weight is 591 g/mol. The van der Waals surface area contributed by atoms with Crippen molar-refractivity contribution in [3.8, 4) is 6.07 Å². The van der Waals surface area contributed by atoms with Gasteiger partial charge in [-0.05, 0) is 68.7 Å². The zero-order valence-corrected chi connectivity index (χ0v) is 19.4. The van der Waals surface area contributed by atoms with E-state index in [0.717, 1.165) is 5.57 Å². The summed E-state index contributed by atoms with van der Waals surface area (Å²) < 4.78 is 0.481. The summed E-state index contributed by atoms with van der Waals surface area (Å²) in [5.41, 5.74) is 1.67. The SMILES string of the molecule is C.CC1=C(C#N)C(=O)C([N+](=O)[O-])=C(C)C1.CC1=C(I)C(=O)C([N+](=O)[O-])=C(C)C1.[C-]#N.[Cu+]. The second-order valence-corrected chi connectivity index (χ2v) is 7.22. The minimum absolute atomic E-state index is 0. The number of rotatable bonds is 2. The normalized spacial score (nSPS) is 15.4. The van der Waals surface area contributed by atoms with Crippen LogP contribution in [0.4, 0.5) is 0 Å². The predicted octanol–water partition coefficient (Wildman–Crippen LogP) is 4.30. The molecule has 10 nitrogen and oxygen atoms in total. The Morgan fingerprint density at radius 3 is 1.58 bits per heavy atom. The van der Waals surface area contributed by atoms with E-state index in [1.54, 1.807) is 19.9 Å². The predicted molar refractivity (Wildman–Crippen MR) is 115 cm³/mol. The van der Waals surface area contributed by atoms with E-state index in [-0.39, 0.29) is 35.8 Å². The first-order valence-corrected chi connectivity index (χ1v) is 8.96. The standard InChI is InChI=1S/C9H8N2O3.C8H8INO3.CN.CH4.Cu/c1-5-3-6(2)8(11(13)14)9(12)7(5)4-10;1-4-3-5(2)7(10(12)13)8(11)6(4)9;1-2;;/h3H2,1-2H3;3H2,1-2H3;;1H4;/q;;-1;;+1. The molecule has 12 heteroatoms. The second-order valence-electron chi connectivity index (χ2n) is 6.15. The molecular weight excluding hydrogens is 571 g/mol. The van der Waals surface area contributed by atoms with E-state index in [9.17, 15) is 29.8 Å². The Balaban J connectivity index is -0.000000442. The maximum atomic E-state index is 11.4. The molecule has 0 aromatic carbocycles. The number of hydrogen-bond acceptors (Lipinski definition) is 8. The fourth-order valence-electron chi connectivity index (χ4n) is 2.75. The van der Waals surface area contributed by atoms with Crippen LogP contribution in [0.3, 0.4) is 0 Å². The van der Waals surface area contributed by atoms with Crippen molar-refractivity contribution in [3.63, 3.8) is 0 Å². The van der Waals surface area contributed by atoms with Crippen molar-refractivity contribution in [2.45, 2.75) is 48.0 Å². The zero-order chi connectivity index (χ0) is 23.0. The van der Waals surface area contributed by atoms with Crippen LogP contribution < -0.4 is 0 Å². The van der Waals surface area contributed by atoms with Crippen LogP contribution in [0.2, 0.25) is 0 Å². The molecule has 0 aromatic heterocycles. The molecule has 0 radical (unpaired) electrons. The number of allylic oxidation sites excluding steroid dienone is 6. The molecule has 0 fully saturated rings. The van der Waals surface area contributed by atoms with Gasteiger partial charge in [0.25, 0.3) is 11.6 Å². The number of nitro groups is 2. The van der Waals surface area contributed by atoms with Crippen LogP contribution in [0.25, 0.3) is 0 Å². The number of ketones is 2. The van der Waals surface area contributed by atoms with Gasteiger partial charge >= 0.3 is 28.5 Å². The largest absolute Gasteiger partial charge is 1.00 e. The van der Waals surface area contributed by atoms with E-state index >= 15 is 0 Å². The number of nitrogens with zero attached hydrogens (tertiary/aromatic N) is 4. The topological polar surface area (TPSA) is 168 Å². The van der Waals surface area contributed by atoms with Crippen molar-refractivity contribution in [2.24, 2.45) is 0 Å². The third-order valence-corrected chi connectivity index (χ3v) is 5.41. The second kappa shape index (κ2) is 14.4. The monoisotopic (exact) mass is 590 g/mol. The number of nitriles is 1. The van der Waals surface area contributed by atoms with Crippen LogP contribution in [0.1, 0.15) is 48.0 Å². The number of hydrogen-bond donors (Lipinski definition) is 0. The van der Waals surface area contributed by atoms with E-state index in [1.807, 2.05) is 29.5 Å². The molecule has 2 rings (SSSR count). The molecule has 0 aromatic rings. The Bertz CT molecular complexity index is 983. The number of carbonyl (C=O) groups is 2. The van der Waals surface area contributed by atoms with Gasteiger partial charge in [0.2, 0.25) is 0 Å². The van der Waals surface area contributed by atoms with Gasteiger partial charge in [0.05, 0.1) is 13.4 Å². The average Bonchev–Trinajstić information content (AvgIpc) is 2.61. The van der Waals surface area contributed by atoms with Gasteiger partial charge in [0, 0.05) is 11.1 Å². The van der Waals surface area contributed by atoms with Crippen LogP contribution in [0, 0.1) is 43.4 Å². The van der Waals surface area contributed by atoms with E-state index in [2.05, 4.69) is 0 Å². The molecule has 0 amide bonds. The molecule has 0 saturated carbocycles. The van der Waals surface area contributed by atoms with Gasteiger partial charge in [-0.2, -0.15) is 5.26 Å². The molecule has 2 aliphatic carbocycles. The van der Waals surface area contributed by atoms with Crippen LogP contribution in [-0.4, -0.2) is 21.4 Å². The minimum Gasteiger partial charge on any atom is -0.512 e. The fraction of sp³-hybridized carbons (Fsp3) is 0.368. The van der Waals surface area contributed by atoms with Crippen LogP contribution in [-0.2, 0) is 26.7 Å². The van der Waals surface area contributed by atoms with Gasteiger partial charge in [0.15, 0.2) is 0 Å². The van der Waals surface area contributed by atoms with E-state index in [0.29, 0.717) is 33.1 Å². The summed E-state index contributed by atoms with van der Waals surface area (Å²) in [5.74, 6) is -1.22.